The molecule has 3 nitrogen and oxygen atoms in total. The number of anilines is 1. The molecular weight excluding hydrogens is 274 g/mol. The minimum Gasteiger partial charge on any atom is -0.464 e. The van der Waals surface area contributed by atoms with Gasteiger partial charge in [-0.2, -0.15) is 0 Å². The summed E-state index contributed by atoms with van der Waals surface area (Å²) in [6.07, 6.45) is 5.35. The number of carbonyl (C=O) groups excluding carboxylic acids is 1. The molecule has 0 unspecified atom stereocenters. The maximum absolute atomic E-state index is 12.4. The molecule has 0 saturated heterocycles. The molecule has 112 valence electrons. The Morgan fingerprint density at radius 3 is 3.00 bits per heavy atom. The van der Waals surface area contributed by atoms with E-state index in [-0.39, 0.29) is 17.9 Å². The molecule has 0 amide bonds. The van der Waals surface area contributed by atoms with Crippen molar-refractivity contribution in [3.05, 3.63) is 54.1 Å². The van der Waals surface area contributed by atoms with E-state index in [4.69, 9.17) is 4.74 Å². The third-order valence-electron chi connectivity index (χ3n) is 4.80. The number of fused-ring (bicyclic) bond motifs is 5. The van der Waals surface area contributed by atoms with Crippen LogP contribution in [0.25, 0.3) is 10.8 Å². The number of hydrogen-bond donors (Lipinski definition) is 1. The summed E-state index contributed by atoms with van der Waals surface area (Å²) in [4.78, 5) is 12.4. The van der Waals surface area contributed by atoms with Crippen molar-refractivity contribution in [2.24, 2.45) is 5.92 Å². The van der Waals surface area contributed by atoms with Gasteiger partial charge in [-0.15, -0.1) is 0 Å². The molecule has 0 radical (unpaired) electrons. The van der Waals surface area contributed by atoms with Gasteiger partial charge in [-0.05, 0) is 24.3 Å². The normalized spacial score (nSPS) is 25.4. The molecule has 0 bridgehead atoms. The highest BCUT2D eigenvalue weighted by molar-refractivity contribution is 5.98. The summed E-state index contributed by atoms with van der Waals surface area (Å²) in [6.45, 7) is 2.28. The highest BCUT2D eigenvalue weighted by Crippen LogP contribution is 2.47. The second-order valence-corrected chi connectivity index (χ2v) is 5.98. The Bertz CT molecular complexity index is 765. The molecule has 1 aliphatic heterocycles. The highest BCUT2D eigenvalue weighted by atomic mass is 16.5. The monoisotopic (exact) mass is 293 g/mol. The molecule has 0 fully saturated rings. The fourth-order valence-corrected chi connectivity index (χ4v) is 3.80. The van der Waals surface area contributed by atoms with Crippen molar-refractivity contribution in [3.8, 4) is 0 Å². The maximum Gasteiger partial charge on any atom is 0.328 e. The van der Waals surface area contributed by atoms with Crippen molar-refractivity contribution in [1.29, 1.82) is 0 Å². The van der Waals surface area contributed by atoms with Crippen molar-refractivity contribution < 1.29 is 9.53 Å². The average Bonchev–Trinajstić information content (AvgIpc) is 3.03. The van der Waals surface area contributed by atoms with Gasteiger partial charge in [0.1, 0.15) is 6.04 Å². The first-order chi connectivity index (χ1) is 10.8. The summed E-state index contributed by atoms with van der Waals surface area (Å²) in [5.41, 5.74) is 2.38. The number of benzene rings is 2. The Morgan fingerprint density at radius 2 is 2.14 bits per heavy atom. The van der Waals surface area contributed by atoms with Gasteiger partial charge in [0.05, 0.1) is 6.61 Å². The van der Waals surface area contributed by atoms with E-state index in [0.29, 0.717) is 12.5 Å². The van der Waals surface area contributed by atoms with Crippen LogP contribution in [0.3, 0.4) is 0 Å². The molecule has 1 N–H and O–H groups in total. The van der Waals surface area contributed by atoms with E-state index in [1.165, 1.54) is 16.3 Å². The first-order valence-corrected chi connectivity index (χ1v) is 7.91. The minimum atomic E-state index is -0.266. The van der Waals surface area contributed by atoms with Gasteiger partial charge in [-0.25, -0.2) is 4.79 Å². The van der Waals surface area contributed by atoms with E-state index in [1.807, 2.05) is 19.1 Å². The number of hydrogen-bond acceptors (Lipinski definition) is 3. The number of rotatable bonds is 2. The predicted molar refractivity (Wildman–Crippen MR) is 88.0 cm³/mol. The summed E-state index contributed by atoms with van der Waals surface area (Å²) >= 11 is 0. The molecule has 0 aromatic heterocycles. The van der Waals surface area contributed by atoms with Crippen LogP contribution in [-0.4, -0.2) is 18.6 Å². The molecule has 3 atom stereocenters. The summed E-state index contributed by atoms with van der Waals surface area (Å²) in [7, 11) is 0. The number of carbonyl (C=O) groups is 1. The molecule has 1 heterocycles. The van der Waals surface area contributed by atoms with E-state index in [2.05, 4.69) is 41.7 Å². The topological polar surface area (TPSA) is 38.3 Å². The highest BCUT2D eigenvalue weighted by Gasteiger charge is 2.41. The van der Waals surface area contributed by atoms with Crippen LogP contribution in [0.4, 0.5) is 5.69 Å². The van der Waals surface area contributed by atoms with Crippen LogP contribution in [0.5, 0.6) is 0 Å². The molecular formula is C19H19NO2. The summed E-state index contributed by atoms with van der Waals surface area (Å²) < 4.78 is 5.29. The molecule has 0 spiro atoms. The van der Waals surface area contributed by atoms with Crippen LogP contribution < -0.4 is 5.32 Å². The molecule has 2 aliphatic rings. The van der Waals surface area contributed by atoms with Gasteiger partial charge in [-0.3, -0.25) is 0 Å². The Balaban J connectivity index is 1.85. The third kappa shape index (κ3) is 1.92. The second kappa shape index (κ2) is 5.16. The number of esters is 1. The zero-order chi connectivity index (χ0) is 15.1. The first-order valence-electron chi connectivity index (χ1n) is 7.91. The summed E-state index contributed by atoms with van der Waals surface area (Å²) in [6, 6.07) is 12.4. The van der Waals surface area contributed by atoms with Gasteiger partial charge in [0.15, 0.2) is 0 Å². The molecule has 4 rings (SSSR count). The Hall–Kier alpha value is -2.29. The van der Waals surface area contributed by atoms with Gasteiger partial charge < -0.3 is 10.1 Å². The fourth-order valence-electron chi connectivity index (χ4n) is 3.80. The van der Waals surface area contributed by atoms with Crippen LogP contribution >= 0.6 is 0 Å². The lowest BCUT2D eigenvalue weighted by Crippen LogP contribution is -2.43. The van der Waals surface area contributed by atoms with Gasteiger partial charge in [0.25, 0.3) is 0 Å². The first kappa shape index (κ1) is 13.4. The Labute approximate surface area is 130 Å². The maximum atomic E-state index is 12.4. The quantitative estimate of drug-likeness (QED) is 0.675. The standard InChI is InChI=1S/C19H19NO2/c1-2-22-19(21)18-15-9-5-8-14(15)16-11-10-12-6-3-4-7-13(12)17(16)20-18/h3-8,10-11,14-15,18,20H,2,9H2,1H3/t14-,15+,18-/m1/s1. The van der Waals surface area contributed by atoms with Crippen LogP contribution in [-0.2, 0) is 9.53 Å². The van der Waals surface area contributed by atoms with Crippen LogP contribution in [0.15, 0.2) is 48.6 Å². The van der Waals surface area contributed by atoms with Gasteiger partial charge >= 0.3 is 5.97 Å². The Morgan fingerprint density at radius 1 is 1.27 bits per heavy atom. The predicted octanol–water partition coefficient (Wildman–Crippen LogP) is 3.86. The summed E-state index contributed by atoms with van der Waals surface area (Å²) in [5.74, 6) is 0.419. The van der Waals surface area contributed by atoms with Crippen LogP contribution in [0.1, 0.15) is 24.8 Å². The molecule has 1 aliphatic carbocycles. The third-order valence-corrected chi connectivity index (χ3v) is 4.80. The van der Waals surface area contributed by atoms with Gasteiger partial charge in [0, 0.05) is 22.9 Å². The van der Waals surface area contributed by atoms with E-state index in [0.717, 1.165) is 12.1 Å². The van der Waals surface area contributed by atoms with Gasteiger partial charge in [0.2, 0.25) is 0 Å². The van der Waals surface area contributed by atoms with Crippen molar-refractivity contribution in [1.82, 2.24) is 0 Å². The minimum absolute atomic E-state index is 0.139. The summed E-state index contributed by atoms with van der Waals surface area (Å²) in [5, 5.41) is 5.85. The molecule has 0 saturated carbocycles. The van der Waals surface area contributed by atoms with E-state index < -0.39 is 0 Å². The average molecular weight is 293 g/mol. The lowest BCUT2D eigenvalue weighted by atomic mass is 9.78. The van der Waals surface area contributed by atoms with E-state index in [9.17, 15) is 4.79 Å². The van der Waals surface area contributed by atoms with Crippen molar-refractivity contribution in [3.63, 3.8) is 0 Å². The lowest BCUT2D eigenvalue weighted by Gasteiger charge is -2.36. The van der Waals surface area contributed by atoms with Crippen molar-refractivity contribution in [2.45, 2.75) is 25.3 Å². The molecule has 22 heavy (non-hydrogen) atoms. The zero-order valence-electron chi connectivity index (χ0n) is 12.6. The van der Waals surface area contributed by atoms with Crippen molar-refractivity contribution in [2.75, 3.05) is 11.9 Å². The number of ether oxygens (including phenoxy) is 1. The zero-order valence-corrected chi connectivity index (χ0v) is 12.6. The SMILES string of the molecule is CCOC(=O)[C@@H]1Nc2c(ccc3ccccc23)[C@@H]2C=CC[C@H]12. The Kier molecular flexibility index (Phi) is 3.14. The van der Waals surface area contributed by atoms with Crippen LogP contribution in [0, 0.1) is 5.92 Å². The van der Waals surface area contributed by atoms with Gasteiger partial charge in [-0.1, -0.05) is 48.6 Å². The largest absolute Gasteiger partial charge is 0.464 e. The van der Waals surface area contributed by atoms with Crippen molar-refractivity contribution >= 4 is 22.4 Å². The molecule has 2 aromatic rings. The number of nitrogens with one attached hydrogen (secondary N) is 1. The number of allylic oxidation sites excluding steroid dienone is 2. The fraction of sp³-hybridized carbons (Fsp3) is 0.316. The lowest BCUT2D eigenvalue weighted by molar-refractivity contribution is -0.145. The molecule has 3 heteroatoms. The smallest absolute Gasteiger partial charge is 0.328 e. The van der Waals surface area contributed by atoms with E-state index >= 15 is 0 Å². The molecule has 2 aromatic carbocycles. The van der Waals surface area contributed by atoms with Crippen LogP contribution in [0.2, 0.25) is 0 Å². The van der Waals surface area contributed by atoms with E-state index in [1.54, 1.807) is 0 Å². The second-order valence-electron chi connectivity index (χ2n) is 5.98.